The van der Waals surface area contributed by atoms with E-state index >= 15 is 0 Å². The van der Waals surface area contributed by atoms with Crippen molar-refractivity contribution < 1.29 is 4.79 Å². The van der Waals surface area contributed by atoms with Gasteiger partial charge < -0.3 is 5.32 Å². The number of aromatic nitrogens is 1. The van der Waals surface area contributed by atoms with Crippen LogP contribution in [0.2, 0.25) is 0 Å². The van der Waals surface area contributed by atoms with E-state index in [2.05, 4.69) is 10.3 Å². The summed E-state index contributed by atoms with van der Waals surface area (Å²) in [6.45, 7) is 1.95. The van der Waals surface area contributed by atoms with Gasteiger partial charge in [-0.05, 0) is 25.1 Å². The number of carbonyl (C=O) groups is 1. The van der Waals surface area contributed by atoms with Gasteiger partial charge in [0.1, 0.15) is 5.78 Å². The van der Waals surface area contributed by atoms with Gasteiger partial charge in [0.05, 0.1) is 22.3 Å². The second-order valence-corrected chi connectivity index (χ2v) is 3.98. The van der Waals surface area contributed by atoms with Crippen LogP contribution in [0.25, 0.3) is 10.2 Å². The monoisotopic (exact) mass is 206 g/mol. The van der Waals surface area contributed by atoms with Crippen molar-refractivity contribution in [1.29, 1.82) is 0 Å². The predicted molar refractivity (Wildman–Crippen MR) is 58.8 cm³/mol. The zero-order valence-corrected chi connectivity index (χ0v) is 8.60. The normalized spacial score (nSPS) is 10.4. The molecule has 3 nitrogen and oxygen atoms in total. The number of nitrogens with one attached hydrogen (secondary N) is 1. The van der Waals surface area contributed by atoms with E-state index in [-0.39, 0.29) is 5.78 Å². The molecule has 0 aliphatic carbocycles. The zero-order valence-electron chi connectivity index (χ0n) is 7.78. The van der Waals surface area contributed by atoms with Gasteiger partial charge in [-0.3, -0.25) is 4.79 Å². The summed E-state index contributed by atoms with van der Waals surface area (Å²) in [5, 5.41) is 3.06. The van der Waals surface area contributed by atoms with Gasteiger partial charge in [0.25, 0.3) is 0 Å². The predicted octanol–water partition coefficient (Wildman–Crippen LogP) is 2.30. The Bertz CT molecular complexity index is 464. The largest absolute Gasteiger partial charge is 0.378 e. The molecule has 0 unspecified atom stereocenters. The summed E-state index contributed by atoms with van der Waals surface area (Å²) in [6.07, 6.45) is 0. The number of nitrogens with zero attached hydrogens (tertiary/aromatic N) is 1. The molecule has 0 radical (unpaired) electrons. The van der Waals surface area contributed by atoms with Crippen LogP contribution in [0.3, 0.4) is 0 Å². The molecule has 1 aromatic heterocycles. The minimum atomic E-state index is 0.134. The summed E-state index contributed by atoms with van der Waals surface area (Å²) >= 11 is 1.60. The Morgan fingerprint density at radius 2 is 2.43 bits per heavy atom. The average molecular weight is 206 g/mol. The molecule has 0 fully saturated rings. The highest BCUT2D eigenvalue weighted by atomic mass is 32.1. The van der Waals surface area contributed by atoms with Crippen molar-refractivity contribution in [2.24, 2.45) is 0 Å². The summed E-state index contributed by atoms with van der Waals surface area (Å²) < 4.78 is 1.14. The number of rotatable bonds is 3. The first-order valence-electron chi connectivity index (χ1n) is 4.32. The van der Waals surface area contributed by atoms with Crippen LogP contribution in [0.15, 0.2) is 23.7 Å². The molecule has 2 aromatic rings. The molecule has 0 saturated carbocycles. The van der Waals surface area contributed by atoms with Crippen molar-refractivity contribution >= 4 is 33.0 Å². The van der Waals surface area contributed by atoms with Crippen molar-refractivity contribution in [1.82, 2.24) is 4.98 Å². The lowest BCUT2D eigenvalue weighted by Gasteiger charge is -2.02. The molecule has 0 aliphatic heterocycles. The highest BCUT2D eigenvalue weighted by molar-refractivity contribution is 7.16. The number of carbonyl (C=O) groups excluding carboxylic acids is 1. The Kier molecular flexibility index (Phi) is 2.45. The standard InChI is InChI=1S/C10H10N2OS/c1-7(13)5-11-8-2-3-9-10(4-8)14-6-12-9/h2-4,6,11H,5H2,1H3. The van der Waals surface area contributed by atoms with Crippen LogP contribution in [0.4, 0.5) is 5.69 Å². The van der Waals surface area contributed by atoms with Gasteiger partial charge in [0, 0.05) is 5.69 Å². The van der Waals surface area contributed by atoms with Crippen molar-refractivity contribution in [3.63, 3.8) is 0 Å². The van der Waals surface area contributed by atoms with Crippen LogP contribution in [0.5, 0.6) is 0 Å². The Morgan fingerprint density at radius 1 is 1.57 bits per heavy atom. The van der Waals surface area contributed by atoms with Crippen molar-refractivity contribution in [2.45, 2.75) is 6.92 Å². The number of benzene rings is 1. The maximum atomic E-state index is 10.8. The minimum Gasteiger partial charge on any atom is -0.378 e. The summed E-state index contributed by atoms with van der Waals surface area (Å²) in [5.74, 6) is 0.134. The van der Waals surface area contributed by atoms with E-state index in [0.29, 0.717) is 6.54 Å². The summed E-state index contributed by atoms with van der Waals surface area (Å²) in [5.41, 5.74) is 3.79. The highest BCUT2D eigenvalue weighted by Gasteiger charge is 1.98. The van der Waals surface area contributed by atoms with Gasteiger partial charge in [0.2, 0.25) is 0 Å². The van der Waals surface area contributed by atoms with Gasteiger partial charge in [0.15, 0.2) is 0 Å². The van der Waals surface area contributed by atoms with Gasteiger partial charge in [-0.1, -0.05) is 0 Å². The zero-order chi connectivity index (χ0) is 9.97. The maximum absolute atomic E-state index is 10.8. The quantitative estimate of drug-likeness (QED) is 0.837. The molecule has 1 aromatic carbocycles. The second-order valence-electron chi connectivity index (χ2n) is 3.09. The molecular weight excluding hydrogens is 196 g/mol. The van der Waals surface area contributed by atoms with Crippen molar-refractivity contribution in [2.75, 3.05) is 11.9 Å². The molecule has 0 aliphatic rings. The van der Waals surface area contributed by atoms with Crippen molar-refractivity contribution in [3.8, 4) is 0 Å². The van der Waals surface area contributed by atoms with E-state index in [1.807, 2.05) is 23.7 Å². The Labute approximate surface area is 85.8 Å². The second kappa shape index (κ2) is 3.75. The maximum Gasteiger partial charge on any atom is 0.148 e. The first kappa shape index (κ1) is 9.15. The van der Waals surface area contributed by atoms with Crippen LogP contribution >= 0.6 is 11.3 Å². The average Bonchev–Trinajstić information content (AvgIpc) is 2.61. The molecule has 0 atom stereocenters. The molecule has 0 amide bonds. The van der Waals surface area contributed by atoms with Crippen LogP contribution < -0.4 is 5.32 Å². The lowest BCUT2D eigenvalue weighted by atomic mass is 10.3. The van der Waals surface area contributed by atoms with Crippen LogP contribution in [0.1, 0.15) is 6.92 Å². The fourth-order valence-corrected chi connectivity index (χ4v) is 1.91. The van der Waals surface area contributed by atoms with E-state index in [4.69, 9.17) is 0 Å². The third-order valence-corrected chi connectivity index (χ3v) is 2.66. The minimum absolute atomic E-state index is 0.134. The Hall–Kier alpha value is -1.42. The first-order valence-corrected chi connectivity index (χ1v) is 5.20. The fraction of sp³-hybridized carbons (Fsp3) is 0.200. The number of Topliss-reactive ketones (excluding diaryl/α,β-unsaturated/α-hetero) is 1. The van der Waals surface area contributed by atoms with Crippen LogP contribution in [0, 0.1) is 0 Å². The van der Waals surface area contributed by atoms with Crippen LogP contribution in [-0.2, 0) is 4.79 Å². The first-order chi connectivity index (χ1) is 6.75. The fourth-order valence-electron chi connectivity index (χ4n) is 1.19. The lowest BCUT2D eigenvalue weighted by Crippen LogP contribution is -2.09. The molecule has 4 heteroatoms. The van der Waals surface area contributed by atoms with E-state index < -0.39 is 0 Å². The molecule has 72 valence electrons. The third-order valence-electron chi connectivity index (χ3n) is 1.87. The SMILES string of the molecule is CC(=O)CNc1ccc2ncsc2c1. The number of hydrogen-bond donors (Lipinski definition) is 1. The smallest absolute Gasteiger partial charge is 0.148 e. The summed E-state index contributed by atoms with van der Waals surface area (Å²) in [7, 11) is 0. The van der Waals surface area contributed by atoms with Gasteiger partial charge in [-0.2, -0.15) is 0 Å². The number of thiazole rings is 1. The van der Waals surface area contributed by atoms with Gasteiger partial charge >= 0.3 is 0 Å². The topological polar surface area (TPSA) is 42.0 Å². The lowest BCUT2D eigenvalue weighted by molar-refractivity contribution is -0.115. The molecule has 2 rings (SSSR count). The number of hydrogen-bond acceptors (Lipinski definition) is 4. The molecule has 1 heterocycles. The third kappa shape index (κ3) is 1.90. The Morgan fingerprint density at radius 3 is 3.21 bits per heavy atom. The summed E-state index contributed by atoms with van der Waals surface area (Å²) in [6, 6.07) is 5.90. The molecular formula is C10H10N2OS. The van der Waals surface area contributed by atoms with E-state index in [9.17, 15) is 4.79 Å². The molecule has 14 heavy (non-hydrogen) atoms. The van der Waals surface area contributed by atoms with Gasteiger partial charge in [-0.15, -0.1) is 11.3 Å². The molecule has 0 saturated heterocycles. The molecule has 0 bridgehead atoms. The van der Waals surface area contributed by atoms with Crippen LogP contribution in [-0.4, -0.2) is 17.3 Å². The van der Waals surface area contributed by atoms with E-state index in [1.165, 1.54) is 0 Å². The number of fused-ring (bicyclic) bond motifs is 1. The van der Waals surface area contributed by atoms with Gasteiger partial charge in [-0.25, -0.2) is 4.98 Å². The van der Waals surface area contributed by atoms with Crippen molar-refractivity contribution in [3.05, 3.63) is 23.7 Å². The number of anilines is 1. The molecule has 1 N–H and O–H groups in total. The summed E-state index contributed by atoms with van der Waals surface area (Å²) in [4.78, 5) is 14.9. The number of ketones is 1. The van der Waals surface area contributed by atoms with E-state index in [1.54, 1.807) is 18.3 Å². The molecule has 0 spiro atoms. The highest BCUT2D eigenvalue weighted by Crippen LogP contribution is 2.21. The van der Waals surface area contributed by atoms with E-state index in [0.717, 1.165) is 15.9 Å². The Balaban J connectivity index is 2.21.